The van der Waals surface area contributed by atoms with E-state index in [1.807, 2.05) is 20.8 Å². The summed E-state index contributed by atoms with van der Waals surface area (Å²) in [5.41, 5.74) is 1.15. The van der Waals surface area contributed by atoms with Gasteiger partial charge in [0, 0.05) is 23.6 Å². The van der Waals surface area contributed by atoms with Crippen molar-refractivity contribution in [1.82, 2.24) is 15.5 Å². The molecule has 0 saturated heterocycles. The third-order valence-corrected chi connectivity index (χ3v) is 2.41. The maximum Gasteiger partial charge on any atom is 0.251 e. The van der Waals surface area contributed by atoms with E-state index in [4.69, 9.17) is 4.42 Å². The molecule has 0 fully saturated rings. The number of carbonyl (C=O) groups excluding carboxylic acids is 1. The highest BCUT2D eigenvalue weighted by Gasteiger charge is 2.15. The molecule has 19 heavy (non-hydrogen) atoms. The maximum absolute atomic E-state index is 11.9. The maximum atomic E-state index is 11.9. The molecule has 0 radical (unpaired) electrons. The van der Waals surface area contributed by atoms with Crippen molar-refractivity contribution in [2.45, 2.75) is 33.2 Å². The van der Waals surface area contributed by atoms with E-state index in [1.54, 1.807) is 31.2 Å². The van der Waals surface area contributed by atoms with Crippen molar-refractivity contribution in [2.75, 3.05) is 0 Å². The number of nitrogens with one attached hydrogen (secondary N) is 1. The SMILES string of the molecule is Cc1nnc(-c2ccc(C(=O)NC(C)(C)C)cc2)o1. The molecule has 0 saturated carbocycles. The minimum atomic E-state index is -0.251. The van der Waals surface area contributed by atoms with Crippen LogP contribution >= 0.6 is 0 Å². The molecule has 1 N–H and O–H groups in total. The molecule has 100 valence electrons. The van der Waals surface area contributed by atoms with Gasteiger partial charge in [-0.05, 0) is 45.0 Å². The number of nitrogens with zero attached hydrogens (tertiary/aromatic N) is 2. The summed E-state index contributed by atoms with van der Waals surface area (Å²) in [6, 6.07) is 7.08. The first kappa shape index (κ1) is 13.3. The average Bonchev–Trinajstić information content (AvgIpc) is 2.74. The Morgan fingerprint density at radius 1 is 1.16 bits per heavy atom. The van der Waals surface area contributed by atoms with Gasteiger partial charge in [0.1, 0.15) is 0 Å². The lowest BCUT2D eigenvalue weighted by atomic mass is 10.1. The van der Waals surface area contributed by atoms with Crippen molar-refractivity contribution < 1.29 is 9.21 Å². The summed E-state index contributed by atoms with van der Waals surface area (Å²) >= 11 is 0. The first-order valence-corrected chi connectivity index (χ1v) is 6.08. The summed E-state index contributed by atoms with van der Waals surface area (Å²) in [6.45, 7) is 7.57. The Morgan fingerprint density at radius 2 is 1.79 bits per heavy atom. The lowest BCUT2D eigenvalue weighted by Crippen LogP contribution is -2.40. The van der Waals surface area contributed by atoms with Crippen molar-refractivity contribution in [3.63, 3.8) is 0 Å². The van der Waals surface area contributed by atoms with Crippen LogP contribution in [-0.2, 0) is 0 Å². The molecule has 0 aliphatic rings. The van der Waals surface area contributed by atoms with Gasteiger partial charge in [-0.25, -0.2) is 0 Å². The highest BCUT2D eigenvalue weighted by molar-refractivity contribution is 5.95. The topological polar surface area (TPSA) is 68.0 Å². The lowest BCUT2D eigenvalue weighted by Gasteiger charge is -2.20. The second kappa shape index (κ2) is 4.84. The first-order chi connectivity index (χ1) is 8.85. The van der Waals surface area contributed by atoms with E-state index in [9.17, 15) is 4.79 Å². The number of hydrogen-bond acceptors (Lipinski definition) is 4. The van der Waals surface area contributed by atoms with Gasteiger partial charge in [0.25, 0.3) is 5.91 Å². The zero-order valence-corrected chi connectivity index (χ0v) is 11.5. The Bertz CT molecular complexity index is 579. The van der Waals surface area contributed by atoms with E-state index >= 15 is 0 Å². The average molecular weight is 259 g/mol. The zero-order chi connectivity index (χ0) is 14.0. The largest absolute Gasteiger partial charge is 0.421 e. The van der Waals surface area contributed by atoms with Crippen LogP contribution in [0.25, 0.3) is 11.5 Å². The quantitative estimate of drug-likeness (QED) is 0.900. The van der Waals surface area contributed by atoms with Crippen molar-refractivity contribution >= 4 is 5.91 Å². The van der Waals surface area contributed by atoms with E-state index in [-0.39, 0.29) is 11.4 Å². The standard InChI is InChI=1S/C14H17N3O2/c1-9-16-17-13(19-9)11-7-5-10(6-8-11)12(18)15-14(2,3)4/h5-8H,1-4H3,(H,15,18). The van der Waals surface area contributed by atoms with Gasteiger partial charge in [-0.3, -0.25) is 4.79 Å². The number of amides is 1. The Kier molecular flexibility index (Phi) is 3.38. The Balaban J connectivity index is 2.17. The molecule has 2 rings (SSSR count). The van der Waals surface area contributed by atoms with E-state index in [0.29, 0.717) is 17.3 Å². The molecule has 0 atom stereocenters. The summed E-state index contributed by atoms with van der Waals surface area (Å²) in [5, 5.41) is 10.6. The monoisotopic (exact) mass is 259 g/mol. The Labute approximate surface area is 112 Å². The van der Waals surface area contributed by atoms with E-state index < -0.39 is 0 Å². The van der Waals surface area contributed by atoms with Crippen LogP contribution in [0, 0.1) is 6.92 Å². The van der Waals surface area contributed by atoms with E-state index in [1.165, 1.54) is 0 Å². The second-order valence-corrected chi connectivity index (χ2v) is 5.41. The fraction of sp³-hybridized carbons (Fsp3) is 0.357. The highest BCUT2D eigenvalue weighted by Crippen LogP contribution is 2.18. The van der Waals surface area contributed by atoms with Crippen LogP contribution in [0.3, 0.4) is 0 Å². The minimum absolute atomic E-state index is 0.0965. The molecule has 5 heteroatoms. The predicted octanol–water partition coefficient (Wildman–Crippen LogP) is 2.57. The minimum Gasteiger partial charge on any atom is -0.421 e. The molecule has 0 aliphatic heterocycles. The van der Waals surface area contributed by atoms with Gasteiger partial charge < -0.3 is 9.73 Å². The van der Waals surface area contributed by atoms with Crippen LogP contribution < -0.4 is 5.32 Å². The molecule has 0 bridgehead atoms. The van der Waals surface area contributed by atoms with Gasteiger partial charge in [-0.2, -0.15) is 0 Å². The molecule has 2 aromatic rings. The fourth-order valence-electron chi connectivity index (χ4n) is 1.59. The Hall–Kier alpha value is -2.17. The van der Waals surface area contributed by atoms with Gasteiger partial charge in [-0.1, -0.05) is 0 Å². The molecule has 1 aromatic heterocycles. The number of aryl methyl sites for hydroxylation is 1. The van der Waals surface area contributed by atoms with Gasteiger partial charge in [-0.15, -0.1) is 10.2 Å². The molecule has 1 aromatic carbocycles. The van der Waals surface area contributed by atoms with Crippen molar-refractivity contribution in [3.05, 3.63) is 35.7 Å². The third-order valence-electron chi connectivity index (χ3n) is 2.41. The van der Waals surface area contributed by atoms with Gasteiger partial charge in [0.05, 0.1) is 0 Å². The summed E-state index contributed by atoms with van der Waals surface area (Å²) < 4.78 is 5.33. The van der Waals surface area contributed by atoms with E-state index in [2.05, 4.69) is 15.5 Å². The molecule has 0 spiro atoms. The van der Waals surface area contributed by atoms with Crippen LogP contribution in [0.15, 0.2) is 28.7 Å². The summed E-state index contributed by atoms with van der Waals surface area (Å²) in [4.78, 5) is 11.9. The summed E-state index contributed by atoms with van der Waals surface area (Å²) in [5.74, 6) is 0.880. The molecular formula is C14H17N3O2. The van der Waals surface area contributed by atoms with Crippen LogP contribution in [0.1, 0.15) is 37.0 Å². The summed E-state index contributed by atoms with van der Waals surface area (Å²) in [7, 11) is 0. The van der Waals surface area contributed by atoms with Crippen molar-refractivity contribution in [1.29, 1.82) is 0 Å². The van der Waals surface area contributed by atoms with E-state index in [0.717, 1.165) is 5.56 Å². The molecule has 0 aliphatic carbocycles. The van der Waals surface area contributed by atoms with Crippen LogP contribution in [0.4, 0.5) is 0 Å². The smallest absolute Gasteiger partial charge is 0.251 e. The zero-order valence-electron chi connectivity index (χ0n) is 11.5. The number of hydrogen-bond donors (Lipinski definition) is 1. The number of benzene rings is 1. The lowest BCUT2D eigenvalue weighted by molar-refractivity contribution is 0.0919. The van der Waals surface area contributed by atoms with Crippen LogP contribution in [-0.4, -0.2) is 21.6 Å². The number of carbonyl (C=O) groups is 1. The van der Waals surface area contributed by atoms with Gasteiger partial charge in [0.15, 0.2) is 0 Å². The Morgan fingerprint density at radius 3 is 2.26 bits per heavy atom. The van der Waals surface area contributed by atoms with Gasteiger partial charge >= 0.3 is 0 Å². The fourth-order valence-corrected chi connectivity index (χ4v) is 1.59. The van der Waals surface area contributed by atoms with Crippen molar-refractivity contribution in [3.8, 4) is 11.5 Å². The predicted molar refractivity (Wildman–Crippen MR) is 71.7 cm³/mol. The molecule has 1 heterocycles. The molecule has 1 amide bonds. The molecule has 5 nitrogen and oxygen atoms in total. The highest BCUT2D eigenvalue weighted by atomic mass is 16.4. The first-order valence-electron chi connectivity index (χ1n) is 6.08. The molecular weight excluding hydrogens is 242 g/mol. The second-order valence-electron chi connectivity index (χ2n) is 5.41. The van der Waals surface area contributed by atoms with Crippen molar-refractivity contribution in [2.24, 2.45) is 0 Å². The normalized spacial score (nSPS) is 11.4. The van der Waals surface area contributed by atoms with Crippen LogP contribution in [0.5, 0.6) is 0 Å². The number of aromatic nitrogens is 2. The summed E-state index contributed by atoms with van der Waals surface area (Å²) in [6.07, 6.45) is 0. The third kappa shape index (κ3) is 3.40. The number of rotatable bonds is 2. The van der Waals surface area contributed by atoms with Crippen LogP contribution in [0.2, 0.25) is 0 Å². The molecule has 0 unspecified atom stereocenters. The van der Waals surface area contributed by atoms with Gasteiger partial charge in [0.2, 0.25) is 11.8 Å².